The average Bonchev–Trinajstić information content (AvgIpc) is 2.37. The van der Waals surface area contributed by atoms with Gasteiger partial charge < -0.3 is 10.6 Å². The molecule has 1 aliphatic rings. The van der Waals surface area contributed by atoms with E-state index in [1.165, 1.54) is 12.1 Å². The second kappa shape index (κ2) is 5.05. The summed E-state index contributed by atoms with van der Waals surface area (Å²) in [6, 6.07) is 2.77. The molecule has 1 aliphatic heterocycles. The second-order valence-corrected chi connectivity index (χ2v) is 3.67. The molecule has 1 aromatic rings. The zero-order chi connectivity index (χ0) is 14.8. The van der Waals surface area contributed by atoms with Crippen molar-refractivity contribution in [1.82, 2.24) is 15.6 Å². The lowest BCUT2D eigenvalue weighted by Gasteiger charge is -2.14. The van der Waals surface area contributed by atoms with Gasteiger partial charge in [-0.15, -0.1) is 0 Å². The third-order valence-corrected chi connectivity index (χ3v) is 2.60. The lowest BCUT2D eigenvalue weighted by molar-refractivity contribution is 0.0957. The molecule has 0 aromatic carbocycles. The molecule has 4 nitrogen and oxygen atoms in total. The van der Waals surface area contributed by atoms with Crippen LogP contribution in [0.2, 0.25) is 0 Å². The molecule has 0 bridgehead atoms. The summed E-state index contributed by atoms with van der Waals surface area (Å²) in [6.07, 6.45) is 2.55. The van der Waals surface area contributed by atoms with Gasteiger partial charge in [-0.2, -0.15) is 4.39 Å². The van der Waals surface area contributed by atoms with Crippen LogP contribution in [0.3, 0.4) is 0 Å². The number of nitrogens with zero attached hydrogens (tertiary/aromatic N) is 1. The van der Waals surface area contributed by atoms with Gasteiger partial charge in [0.15, 0.2) is 0 Å². The van der Waals surface area contributed by atoms with E-state index in [0.717, 1.165) is 12.1 Å². The van der Waals surface area contributed by atoms with Crippen LogP contribution in [-0.2, 0) is 0 Å². The smallest absolute Gasteiger partial charge is 0.269 e. The summed E-state index contributed by atoms with van der Waals surface area (Å²) in [5.41, 5.74) is 0.922. The minimum Gasteiger partial charge on any atom is -0.354 e. The molecule has 2 heterocycles. The van der Waals surface area contributed by atoms with Crippen molar-refractivity contribution in [2.75, 3.05) is 20.1 Å². The number of rotatable bonds is 2. The van der Waals surface area contributed by atoms with Gasteiger partial charge in [0, 0.05) is 23.2 Å². The fraction of sp³-hybridized carbons (Fsp3) is 0.333. The van der Waals surface area contributed by atoms with Gasteiger partial charge in [0.1, 0.15) is 5.69 Å². The van der Waals surface area contributed by atoms with Crippen LogP contribution < -0.4 is 10.6 Å². The van der Waals surface area contributed by atoms with E-state index in [9.17, 15) is 9.18 Å². The number of amides is 1. The zero-order valence-corrected chi connectivity index (χ0v) is 9.09. The Hall–Kier alpha value is -1.75. The number of aromatic nitrogens is 1. The van der Waals surface area contributed by atoms with E-state index in [0.29, 0.717) is 18.5 Å². The Morgan fingerprint density at radius 1 is 1.65 bits per heavy atom. The predicted molar refractivity (Wildman–Crippen MR) is 63.0 cm³/mol. The van der Waals surface area contributed by atoms with Crippen molar-refractivity contribution in [2.24, 2.45) is 0 Å². The Bertz CT molecular complexity index is 557. The molecule has 1 aromatic heterocycles. The number of carbonyl (C=O) groups excluding carboxylic acids is 1. The van der Waals surface area contributed by atoms with E-state index in [1.54, 1.807) is 5.32 Å². The molecular weight excluding hydrogens is 221 g/mol. The summed E-state index contributed by atoms with van der Waals surface area (Å²) >= 11 is 0. The first-order valence-electron chi connectivity index (χ1n) is 6.76. The van der Waals surface area contributed by atoms with Gasteiger partial charge in [-0.05, 0) is 30.7 Å². The van der Waals surface area contributed by atoms with Crippen molar-refractivity contribution < 1.29 is 13.3 Å². The van der Waals surface area contributed by atoms with E-state index in [4.69, 9.17) is 4.11 Å². The van der Waals surface area contributed by atoms with Crippen molar-refractivity contribution in [1.29, 1.82) is 0 Å². The zero-order valence-electron chi connectivity index (χ0n) is 12.1. The summed E-state index contributed by atoms with van der Waals surface area (Å²) in [5, 5.41) is 4.88. The Kier molecular flexibility index (Phi) is 2.48. The molecule has 2 rings (SSSR count). The predicted octanol–water partition coefficient (Wildman–Crippen LogP) is 0.957. The highest BCUT2D eigenvalue weighted by Crippen LogP contribution is 2.21. The van der Waals surface area contributed by atoms with Crippen LogP contribution in [-0.4, -0.2) is 31.0 Å². The molecule has 1 amide bonds. The highest BCUT2D eigenvalue weighted by Gasteiger charge is 2.14. The molecule has 2 N–H and O–H groups in total. The van der Waals surface area contributed by atoms with Gasteiger partial charge in [0.25, 0.3) is 5.91 Å². The van der Waals surface area contributed by atoms with E-state index < -0.39 is 18.8 Å². The third kappa shape index (κ3) is 2.50. The minimum atomic E-state index is -2.62. The molecule has 0 spiro atoms. The monoisotopic (exact) mass is 238 g/mol. The lowest BCUT2D eigenvalue weighted by atomic mass is 10.0. The Balaban J connectivity index is 2.21. The van der Waals surface area contributed by atoms with Crippen molar-refractivity contribution in [3.63, 3.8) is 0 Å². The van der Waals surface area contributed by atoms with Crippen molar-refractivity contribution in [2.45, 2.75) is 6.42 Å². The molecular formula is C12H14FN3O. The summed E-state index contributed by atoms with van der Waals surface area (Å²) in [6.45, 7) is -1.20. The first-order chi connectivity index (χ1) is 9.37. The fourth-order valence-electron chi connectivity index (χ4n) is 1.73. The maximum absolute atomic E-state index is 13.9. The summed E-state index contributed by atoms with van der Waals surface area (Å²) in [4.78, 5) is 15.1. The molecule has 0 aliphatic carbocycles. The van der Waals surface area contributed by atoms with Crippen LogP contribution in [0, 0.1) is 5.95 Å². The van der Waals surface area contributed by atoms with Gasteiger partial charge in [0.05, 0.1) is 0 Å². The van der Waals surface area contributed by atoms with E-state index in [1.807, 2.05) is 6.08 Å². The van der Waals surface area contributed by atoms with E-state index in [2.05, 4.69) is 10.3 Å². The van der Waals surface area contributed by atoms with Gasteiger partial charge in [-0.25, -0.2) is 4.98 Å². The van der Waals surface area contributed by atoms with Crippen molar-refractivity contribution in [3.8, 4) is 0 Å². The van der Waals surface area contributed by atoms with Gasteiger partial charge >= 0.3 is 0 Å². The van der Waals surface area contributed by atoms with Gasteiger partial charge in [0.2, 0.25) is 5.95 Å². The van der Waals surface area contributed by atoms with Crippen molar-refractivity contribution >= 4 is 11.5 Å². The van der Waals surface area contributed by atoms with E-state index in [-0.39, 0.29) is 5.69 Å². The highest BCUT2D eigenvalue weighted by atomic mass is 19.1. The normalized spacial score (nSPS) is 18.6. The Labute approximate surface area is 103 Å². The number of halogens is 1. The lowest BCUT2D eigenvalue weighted by Crippen LogP contribution is -2.21. The summed E-state index contributed by atoms with van der Waals surface area (Å²) < 4.78 is 34.7. The average molecular weight is 238 g/mol. The van der Waals surface area contributed by atoms with E-state index >= 15 is 0 Å². The standard InChI is InChI=1S/C12H14FN3O/c1-14-12(17)10-3-2-9(11(13)16-10)8-4-6-15-7-5-8/h2-4,15H,5-7H2,1H3,(H,14,17)/i1D3. The number of hydrogen-bond acceptors (Lipinski definition) is 3. The van der Waals surface area contributed by atoms with Crippen LogP contribution in [0.1, 0.15) is 26.6 Å². The molecule has 0 radical (unpaired) electrons. The fourth-order valence-corrected chi connectivity index (χ4v) is 1.73. The third-order valence-electron chi connectivity index (χ3n) is 2.60. The SMILES string of the molecule is [2H]C([2H])([2H])NC(=O)c1ccc(C2=CCNCC2)c(F)n1. The summed E-state index contributed by atoms with van der Waals surface area (Å²) in [5.74, 6) is -1.69. The maximum atomic E-state index is 13.9. The second-order valence-electron chi connectivity index (χ2n) is 3.67. The summed E-state index contributed by atoms with van der Waals surface area (Å²) in [7, 11) is 0. The molecule has 0 saturated heterocycles. The highest BCUT2D eigenvalue weighted by molar-refractivity contribution is 5.92. The molecule has 5 heteroatoms. The maximum Gasteiger partial charge on any atom is 0.269 e. The van der Waals surface area contributed by atoms with Gasteiger partial charge in [-0.1, -0.05) is 6.08 Å². The molecule has 0 saturated carbocycles. The largest absolute Gasteiger partial charge is 0.354 e. The van der Waals surface area contributed by atoms with Crippen molar-refractivity contribution in [3.05, 3.63) is 35.4 Å². The molecule has 90 valence electrons. The van der Waals surface area contributed by atoms with Crippen LogP contribution in [0.5, 0.6) is 0 Å². The number of carbonyl (C=O) groups is 1. The number of hydrogen-bond donors (Lipinski definition) is 2. The molecule has 0 fully saturated rings. The minimum absolute atomic E-state index is 0.253. The molecule has 0 atom stereocenters. The van der Waals surface area contributed by atoms with Crippen LogP contribution in [0.25, 0.3) is 5.57 Å². The van der Waals surface area contributed by atoms with Gasteiger partial charge in [-0.3, -0.25) is 4.79 Å². The van der Waals surface area contributed by atoms with Crippen LogP contribution >= 0.6 is 0 Å². The molecule has 0 unspecified atom stereocenters. The number of nitrogens with one attached hydrogen (secondary N) is 2. The van der Waals surface area contributed by atoms with Crippen LogP contribution in [0.15, 0.2) is 18.2 Å². The van der Waals surface area contributed by atoms with Crippen LogP contribution in [0.4, 0.5) is 4.39 Å². The first kappa shape index (κ1) is 8.36. The quantitative estimate of drug-likeness (QED) is 0.754. The topological polar surface area (TPSA) is 54.0 Å². The Morgan fingerprint density at radius 3 is 3.18 bits per heavy atom. The number of pyridine rings is 1. The Morgan fingerprint density at radius 2 is 2.53 bits per heavy atom. The first-order valence-corrected chi connectivity index (χ1v) is 5.26. The molecule has 17 heavy (non-hydrogen) atoms.